The molecule has 9 heteroatoms. The molecule has 1 heterocycles. The number of hydrogen-bond donors (Lipinski definition) is 1. The number of carbonyl (C=O) groups is 1. The highest BCUT2D eigenvalue weighted by molar-refractivity contribution is 6.06. The average Bonchev–Trinajstić information content (AvgIpc) is 2.87. The Bertz CT molecular complexity index is 1430. The summed E-state index contributed by atoms with van der Waals surface area (Å²) in [6, 6.07) is 21.3. The molecule has 0 aliphatic heterocycles. The zero-order valence-electron chi connectivity index (χ0n) is 18.4. The van der Waals surface area contributed by atoms with Crippen molar-refractivity contribution in [2.75, 3.05) is 12.4 Å². The van der Waals surface area contributed by atoms with E-state index in [1.807, 2.05) is 18.2 Å². The van der Waals surface area contributed by atoms with Gasteiger partial charge in [0, 0.05) is 17.7 Å². The molecule has 0 spiro atoms. The normalized spacial score (nSPS) is 10.5. The molecule has 1 amide bonds. The van der Waals surface area contributed by atoms with Crippen LogP contribution in [0.3, 0.4) is 0 Å². The van der Waals surface area contributed by atoms with Crippen molar-refractivity contribution in [3.63, 3.8) is 0 Å². The standard InChI is InChI=1S/C25H20N4O5/c1-16-23(30)22(17-11-13-21(34-2)14-12-17)24(28(27-16)19-8-4-3-5-9-19)26-25(31)18-7-6-10-20(15-18)29(32)33/h3-15H,1-2H3,(H,26,31). The third-order valence-corrected chi connectivity index (χ3v) is 5.18. The van der Waals surface area contributed by atoms with Gasteiger partial charge in [-0.3, -0.25) is 19.7 Å². The third-order valence-electron chi connectivity index (χ3n) is 5.18. The van der Waals surface area contributed by atoms with E-state index in [0.29, 0.717) is 17.0 Å². The van der Waals surface area contributed by atoms with Gasteiger partial charge in [-0.15, -0.1) is 0 Å². The van der Waals surface area contributed by atoms with Gasteiger partial charge in [0.2, 0.25) is 5.43 Å². The number of nitro groups is 1. The van der Waals surface area contributed by atoms with Crippen LogP contribution in [0.25, 0.3) is 16.8 Å². The Balaban J connectivity index is 1.92. The van der Waals surface area contributed by atoms with E-state index in [9.17, 15) is 19.7 Å². The monoisotopic (exact) mass is 456 g/mol. The molecule has 0 aliphatic rings. The van der Waals surface area contributed by atoms with Crippen LogP contribution in [-0.2, 0) is 0 Å². The second-order valence-corrected chi connectivity index (χ2v) is 7.38. The Kier molecular flexibility index (Phi) is 6.18. The Labute approximate surface area is 194 Å². The molecule has 0 saturated heterocycles. The van der Waals surface area contributed by atoms with Crippen LogP contribution in [0.2, 0.25) is 0 Å². The summed E-state index contributed by atoms with van der Waals surface area (Å²) >= 11 is 0. The molecule has 0 aliphatic carbocycles. The number of benzene rings is 3. The number of amides is 1. The number of methoxy groups -OCH3 is 1. The van der Waals surface area contributed by atoms with Gasteiger partial charge in [-0.1, -0.05) is 36.4 Å². The molecule has 3 aromatic carbocycles. The molecular weight excluding hydrogens is 436 g/mol. The highest BCUT2D eigenvalue weighted by atomic mass is 16.6. The van der Waals surface area contributed by atoms with Gasteiger partial charge in [-0.2, -0.15) is 5.10 Å². The van der Waals surface area contributed by atoms with E-state index in [1.54, 1.807) is 50.4 Å². The molecular formula is C25H20N4O5. The molecule has 0 radical (unpaired) electrons. The first kappa shape index (κ1) is 22.4. The second-order valence-electron chi connectivity index (χ2n) is 7.38. The summed E-state index contributed by atoms with van der Waals surface area (Å²) in [5.74, 6) is 0.136. The van der Waals surface area contributed by atoms with Crippen LogP contribution in [0.4, 0.5) is 11.5 Å². The molecule has 9 nitrogen and oxygen atoms in total. The van der Waals surface area contributed by atoms with Crippen molar-refractivity contribution in [1.82, 2.24) is 9.78 Å². The maximum Gasteiger partial charge on any atom is 0.270 e. The minimum atomic E-state index is -0.617. The third kappa shape index (κ3) is 4.40. The number of hydrogen-bond acceptors (Lipinski definition) is 6. The number of anilines is 1. The fraction of sp³-hybridized carbons (Fsp3) is 0.0800. The second kappa shape index (κ2) is 9.37. The number of nitrogens with zero attached hydrogens (tertiary/aromatic N) is 3. The number of aryl methyl sites for hydroxylation is 1. The molecule has 0 atom stereocenters. The lowest BCUT2D eigenvalue weighted by atomic mass is 10.0. The topological polar surface area (TPSA) is 116 Å². The van der Waals surface area contributed by atoms with Crippen molar-refractivity contribution in [3.05, 3.63) is 110 Å². The molecule has 1 N–H and O–H groups in total. The lowest BCUT2D eigenvalue weighted by Crippen LogP contribution is -2.25. The minimum Gasteiger partial charge on any atom is -0.497 e. The van der Waals surface area contributed by atoms with Crippen molar-refractivity contribution in [2.24, 2.45) is 0 Å². The van der Waals surface area contributed by atoms with Crippen LogP contribution in [0.1, 0.15) is 16.1 Å². The highest BCUT2D eigenvalue weighted by Gasteiger charge is 2.21. The van der Waals surface area contributed by atoms with E-state index in [-0.39, 0.29) is 33.8 Å². The summed E-state index contributed by atoms with van der Waals surface area (Å²) in [5, 5.41) is 18.3. The van der Waals surface area contributed by atoms with Gasteiger partial charge in [0.1, 0.15) is 17.3 Å². The number of non-ortho nitro benzene ring substituents is 1. The van der Waals surface area contributed by atoms with Crippen LogP contribution < -0.4 is 15.5 Å². The fourth-order valence-electron chi connectivity index (χ4n) is 3.48. The molecule has 4 aromatic rings. The Morgan fingerprint density at radius 3 is 2.38 bits per heavy atom. The van der Waals surface area contributed by atoms with Crippen molar-refractivity contribution in [3.8, 4) is 22.6 Å². The molecule has 0 unspecified atom stereocenters. The average molecular weight is 456 g/mol. The summed E-state index contributed by atoms with van der Waals surface area (Å²) in [4.78, 5) is 37.0. The highest BCUT2D eigenvalue weighted by Crippen LogP contribution is 2.29. The van der Waals surface area contributed by atoms with Crippen LogP contribution in [-0.4, -0.2) is 27.7 Å². The largest absolute Gasteiger partial charge is 0.497 e. The summed E-state index contributed by atoms with van der Waals surface area (Å²) < 4.78 is 6.69. The van der Waals surface area contributed by atoms with Gasteiger partial charge < -0.3 is 10.1 Å². The summed E-state index contributed by atoms with van der Waals surface area (Å²) in [7, 11) is 1.54. The summed E-state index contributed by atoms with van der Waals surface area (Å²) in [5.41, 5.74) is 1.14. The zero-order chi connectivity index (χ0) is 24.2. The van der Waals surface area contributed by atoms with E-state index in [2.05, 4.69) is 10.4 Å². The Hall–Kier alpha value is -4.79. The number of aromatic nitrogens is 2. The fourth-order valence-corrected chi connectivity index (χ4v) is 3.48. The first-order chi connectivity index (χ1) is 16.4. The number of para-hydroxylation sites is 1. The van der Waals surface area contributed by atoms with Crippen LogP contribution >= 0.6 is 0 Å². The van der Waals surface area contributed by atoms with Crippen molar-refractivity contribution >= 4 is 17.4 Å². The first-order valence-corrected chi connectivity index (χ1v) is 10.3. The molecule has 4 rings (SSSR count). The number of carbonyl (C=O) groups excluding carboxylic acids is 1. The van der Waals surface area contributed by atoms with Gasteiger partial charge in [0.05, 0.1) is 23.3 Å². The molecule has 0 fully saturated rings. The number of nitro benzene ring substituents is 1. The van der Waals surface area contributed by atoms with Crippen LogP contribution in [0, 0.1) is 17.0 Å². The van der Waals surface area contributed by atoms with Gasteiger partial charge in [-0.25, -0.2) is 4.68 Å². The van der Waals surface area contributed by atoms with E-state index in [1.165, 1.54) is 28.9 Å². The van der Waals surface area contributed by atoms with Crippen molar-refractivity contribution in [1.29, 1.82) is 0 Å². The number of nitrogens with one attached hydrogen (secondary N) is 1. The van der Waals surface area contributed by atoms with E-state index in [4.69, 9.17) is 4.74 Å². The lowest BCUT2D eigenvalue weighted by molar-refractivity contribution is -0.384. The van der Waals surface area contributed by atoms with Crippen LogP contribution in [0.15, 0.2) is 83.7 Å². The molecule has 1 aromatic heterocycles. The van der Waals surface area contributed by atoms with Gasteiger partial charge >= 0.3 is 0 Å². The SMILES string of the molecule is COc1ccc(-c2c(NC(=O)c3cccc([N+](=O)[O-])c3)n(-c3ccccc3)nc(C)c2=O)cc1. The first-order valence-electron chi connectivity index (χ1n) is 10.3. The van der Waals surface area contributed by atoms with E-state index < -0.39 is 10.8 Å². The Morgan fingerprint density at radius 2 is 1.74 bits per heavy atom. The molecule has 0 saturated carbocycles. The molecule has 0 bridgehead atoms. The van der Waals surface area contributed by atoms with Crippen LogP contribution in [0.5, 0.6) is 5.75 Å². The predicted octanol–water partition coefficient (Wildman–Crippen LogP) is 4.38. The summed E-state index contributed by atoms with van der Waals surface area (Å²) in [6.07, 6.45) is 0. The quantitative estimate of drug-likeness (QED) is 0.340. The number of ether oxygens (including phenoxy) is 1. The van der Waals surface area contributed by atoms with Crippen molar-refractivity contribution < 1.29 is 14.5 Å². The number of rotatable bonds is 6. The maximum absolute atomic E-state index is 13.2. The van der Waals surface area contributed by atoms with Crippen molar-refractivity contribution in [2.45, 2.75) is 6.92 Å². The van der Waals surface area contributed by atoms with Gasteiger partial charge in [0.15, 0.2) is 0 Å². The Morgan fingerprint density at radius 1 is 1.03 bits per heavy atom. The molecule has 170 valence electrons. The van der Waals surface area contributed by atoms with Gasteiger partial charge in [0.25, 0.3) is 11.6 Å². The lowest BCUT2D eigenvalue weighted by Gasteiger charge is -2.18. The van der Waals surface area contributed by atoms with E-state index in [0.717, 1.165) is 0 Å². The summed E-state index contributed by atoms with van der Waals surface area (Å²) in [6.45, 7) is 1.60. The smallest absolute Gasteiger partial charge is 0.270 e. The van der Waals surface area contributed by atoms with Gasteiger partial charge in [-0.05, 0) is 42.8 Å². The minimum absolute atomic E-state index is 0.0718. The maximum atomic E-state index is 13.2. The molecule has 34 heavy (non-hydrogen) atoms. The predicted molar refractivity (Wildman–Crippen MR) is 128 cm³/mol. The van der Waals surface area contributed by atoms with E-state index >= 15 is 0 Å². The zero-order valence-corrected chi connectivity index (χ0v) is 18.4.